The van der Waals surface area contributed by atoms with Crippen molar-refractivity contribution in [3.8, 4) is 11.5 Å². The zero-order valence-corrected chi connectivity index (χ0v) is 17.0. The van der Waals surface area contributed by atoms with Gasteiger partial charge in [0, 0.05) is 18.1 Å². The Balaban J connectivity index is 1.53. The summed E-state index contributed by atoms with van der Waals surface area (Å²) >= 11 is 6.29. The summed E-state index contributed by atoms with van der Waals surface area (Å²) < 4.78 is 11.6. The Hall–Kier alpha value is -2.44. The molecule has 0 aliphatic carbocycles. The maximum Gasteiger partial charge on any atom is 0.307 e. The van der Waals surface area contributed by atoms with Crippen LogP contribution in [0.15, 0.2) is 42.5 Å². The molecule has 1 atom stereocenters. The van der Waals surface area contributed by atoms with E-state index in [1.807, 2.05) is 42.5 Å². The van der Waals surface area contributed by atoms with Crippen LogP contribution >= 0.6 is 11.6 Å². The lowest BCUT2D eigenvalue weighted by Crippen LogP contribution is -2.39. The van der Waals surface area contributed by atoms with Crippen LogP contribution in [-0.4, -0.2) is 48.9 Å². The molecule has 1 saturated heterocycles. The molecule has 29 heavy (non-hydrogen) atoms. The molecule has 0 unspecified atom stereocenters. The van der Waals surface area contributed by atoms with E-state index in [1.165, 1.54) is 0 Å². The van der Waals surface area contributed by atoms with Gasteiger partial charge in [-0.3, -0.25) is 4.79 Å². The van der Waals surface area contributed by atoms with Crippen LogP contribution in [0.25, 0.3) is 0 Å². The number of benzene rings is 2. The van der Waals surface area contributed by atoms with Crippen molar-refractivity contribution >= 4 is 28.9 Å². The first kappa shape index (κ1) is 19.9. The molecule has 154 valence electrons. The van der Waals surface area contributed by atoms with Gasteiger partial charge in [0.15, 0.2) is 0 Å². The summed E-state index contributed by atoms with van der Waals surface area (Å²) in [6.07, 6.45) is 2.59. The average Bonchev–Trinajstić information content (AvgIpc) is 2.72. The summed E-state index contributed by atoms with van der Waals surface area (Å²) in [5, 5.41) is 9.96. The van der Waals surface area contributed by atoms with Crippen LogP contribution in [0, 0.1) is 5.92 Å². The Morgan fingerprint density at radius 1 is 1.10 bits per heavy atom. The minimum Gasteiger partial charge on any atom is -0.481 e. The number of carbonyl (C=O) groups is 1. The van der Waals surface area contributed by atoms with E-state index in [2.05, 4.69) is 9.80 Å². The van der Waals surface area contributed by atoms with Crippen LogP contribution in [0.4, 0.5) is 11.4 Å². The number of likely N-dealkylation sites (tertiary alicyclic amines) is 1. The molecule has 2 aromatic carbocycles. The third-order valence-corrected chi connectivity index (χ3v) is 5.74. The fourth-order valence-corrected chi connectivity index (χ4v) is 4.23. The van der Waals surface area contributed by atoms with Gasteiger partial charge in [-0.15, -0.1) is 0 Å². The quantitative estimate of drug-likeness (QED) is 0.779. The summed E-state index contributed by atoms with van der Waals surface area (Å²) in [5.74, 6) is 0.549. The summed E-state index contributed by atoms with van der Waals surface area (Å²) in [4.78, 5) is 15.8. The van der Waals surface area contributed by atoms with Gasteiger partial charge in [0.05, 0.1) is 17.3 Å². The Morgan fingerprint density at radius 2 is 1.90 bits per heavy atom. The van der Waals surface area contributed by atoms with E-state index in [9.17, 15) is 9.90 Å². The second-order valence-corrected chi connectivity index (χ2v) is 7.91. The highest BCUT2D eigenvalue weighted by atomic mass is 35.5. The molecule has 2 aliphatic rings. The number of ether oxygens (including phenoxy) is 2. The van der Waals surface area contributed by atoms with E-state index < -0.39 is 5.97 Å². The molecule has 0 radical (unpaired) electrons. The van der Waals surface area contributed by atoms with Gasteiger partial charge in [0.1, 0.15) is 11.5 Å². The van der Waals surface area contributed by atoms with Gasteiger partial charge in [-0.05, 0) is 62.7 Å². The number of halogens is 1. The van der Waals surface area contributed by atoms with Crippen LogP contribution in [0.1, 0.15) is 19.3 Å². The van der Waals surface area contributed by atoms with Crippen molar-refractivity contribution in [2.75, 3.05) is 37.9 Å². The number of hydrogen-bond acceptors (Lipinski definition) is 5. The normalized spacial score (nSPS) is 19.2. The third kappa shape index (κ3) is 4.60. The average molecular weight is 417 g/mol. The molecule has 7 heteroatoms. The number of piperidine rings is 1. The minimum absolute atomic E-state index is 0.143. The SMILES string of the molecule is O=C(O)[C@@H]1CCCN(CCCN2c3ccccc3OCOc3ccc(Cl)cc32)C1. The molecule has 0 bridgehead atoms. The lowest BCUT2D eigenvalue weighted by Gasteiger charge is -2.33. The van der Waals surface area contributed by atoms with E-state index >= 15 is 0 Å². The fourth-order valence-electron chi connectivity index (χ4n) is 4.07. The van der Waals surface area contributed by atoms with Crippen molar-refractivity contribution in [3.05, 3.63) is 47.5 Å². The van der Waals surface area contributed by atoms with Crippen molar-refractivity contribution < 1.29 is 19.4 Å². The standard InChI is InChI=1S/C22H25ClN2O4/c23-17-8-9-21-19(13-17)25(18-6-1-2-7-20(18)28-15-29-21)12-4-11-24-10-3-5-16(14-24)22(26)27/h1-2,6-9,13,16H,3-5,10-12,14-15H2,(H,26,27)/t16-/m1/s1. The zero-order chi connectivity index (χ0) is 20.2. The van der Waals surface area contributed by atoms with E-state index in [4.69, 9.17) is 21.1 Å². The lowest BCUT2D eigenvalue weighted by atomic mass is 9.98. The van der Waals surface area contributed by atoms with Crippen LogP contribution in [-0.2, 0) is 4.79 Å². The van der Waals surface area contributed by atoms with Gasteiger partial charge < -0.3 is 24.4 Å². The molecule has 2 aliphatic heterocycles. The van der Waals surface area contributed by atoms with Crippen LogP contribution in [0.3, 0.4) is 0 Å². The summed E-state index contributed by atoms with van der Waals surface area (Å²) in [6, 6.07) is 13.5. The summed E-state index contributed by atoms with van der Waals surface area (Å²) in [7, 11) is 0. The molecule has 0 aromatic heterocycles. The predicted octanol–water partition coefficient (Wildman–Crippen LogP) is 4.39. The fraction of sp³-hybridized carbons (Fsp3) is 0.409. The van der Waals surface area contributed by atoms with Crippen molar-refractivity contribution in [1.29, 1.82) is 0 Å². The first-order valence-electron chi connectivity index (χ1n) is 9.98. The molecular formula is C22H25ClN2O4. The van der Waals surface area contributed by atoms with E-state index in [0.717, 1.165) is 61.8 Å². The van der Waals surface area contributed by atoms with Gasteiger partial charge in [-0.2, -0.15) is 0 Å². The second-order valence-electron chi connectivity index (χ2n) is 7.47. The van der Waals surface area contributed by atoms with Crippen LogP contribution < -0.4 is 14.4 Å². The minimum atomic E-state index is -0.690. The first-order chi connectivity index (χ1) is 14.1. The van der Waals surface area contributed by atoms with Gasteiger partial charge in [-0.1, -0.05) is 23.7 Å². The Morgan fingerprint density at radius 3 is 2.72 bits per heavy atom. The van der Waals surface area contributed by atoms with E-state index in [0.29, 0.717) is 11.6 Å². The number of anilines is 2. The van der Waals surface area contributed by atoms with Gasteiger partial charge in [0.2, 0.25) is 6.79 Å². The molecule has 2 heterocycles. The molecule has 1 N–H and O–H groups in total. The Labute approximate surface area is 175 Å². The zero-order valence-electron chi connectivity index (χ0n) is 16.2. The van der Waals surface area contributed by atoms with Crippen LogP contribution in [0.5, 0.6) is 11.5 Å². The number of carboxylic acid groups (broad SMARTS) is 1. The number of rotatable bonds is 5. The molecular weight excluding hydrogens is 392 g/mol. The molecule has 2 aromatic rings. The van der Waals surface area contributed by atoms with Crippen molar-refractivity contribution in [2.45, 2.75) is 19.3 Å². The summed E-state index contributed by atoms with van der Waals surface area (Å²) in [5.41, 5.74) is 1.89. The molecule has 0 spiro atoms. The number of aliphatic carboxylic acids is 1. The molecule has 4 rings (SSSR count). The van der Waals surface area contributed by atoms with Crippen molar-refractivity contribution in [2.24, 2.45) is 5.92 Å². The highest BCUT2D eigenvalue weighted by Crippen LogP contribution is 2.41. The van der Waals surface area contributed by atoms with E-state index in [1.54, 1.807) is 0 Å². The number of para-hydroxylation sites is 2. The van der Waals surface area contributed by atoms with E-state index in [-0.39, 0.29) is 12.7 Å². The molecule has 0 saturated carbocycles. The number of fused-ring (bicyclic) bond motifs is 2. The summed E-state index contributed by atoms with van der Waals surface area (Å²) in [6.45, 7) is 3.31. The molecule has 6 nitrogen and oxygen atoms in total. The van der Waals surface area contributed by atoms with Crippen molar-refractivity contribution in [1.82, 2.24) is 4.90 Å². The molecule has 1 fully saturated rings. The number of carboxylic acids is 1. The molecule has 0 amide bonds. The number of nitrogens with zero attached hydrogens (tertiary/aromatic N) is 2. The Bertz CT molecular complexity index is 876. The third-order valence-electron chi connectivity index (χ3n) is 5.51. The first-order valence-corrected chi connectivity index (χ1v) is 10.4. The monoisotopic (exact) mass is 416 g/mol. The van der Waals surface area contributed by atoms with Gasteiger partial charge >= 0.3 is 5.97 Å². The highest BCUT2D eigenvalue weighted by molar-refractivity contribution is 6.31. The second kappa shape index (κ2) is 8.93. The topological polar surface area (TPSA) is 62.2 Å². The lowest BCUT2D eigenvalue weighted by molar-refractivity contribution is -0.143. The Kier molecular flexibility index (Phi) is 6.11. The predicted molar refractivity (Wildman–Crippen MR) is 112 cm³/mol. The van der Waals surface area contributed by atoms with Crippen LogP contribution in [0.2, 0.25) is 5.02 Å². The number of hydrogen-bond donors (Lipinski definition) is 1. The maximum atomic E-state index is 11.3. The van der Waals surface area contributed by atoms with Gasteiger partial charge in [0.25, 0.3) is 0 Å². The largest absolute Gasteiger partial charge is 0.481 e. The highest BCUT2D eigenvalue weighted by Gasteiger charge is 2.26. The maximum absolute atomic E-state index is 11.3. The smallest absolute Gasteiger partial charge is 0.307 e. The van der Waals surface area contributed by atoms with Gasteiger partial charge in [-0.25, -0.2) is 0 Å². The van der Waals surface area contributed by atoms with Crippen molar-refractivity contribution in [3.63, 3.8) is 0 Å².